The van der Waals surface area contributed by atoms with Gasteiger partial charge in [0, 0.05) is 33.5 Å². The summed E-state index contributed by atoms with van der Waals surface area (Å²) in [7, 11) is 0. The van der Waals surface area contributed by atoms with E-state index in [1.807, 2.05) is 29.6 Å². The zero-order valence-electron chi connectivity index (χ0n) is 16.5. The summed E-state index contributed by atoms with van der Waals surface area (Å²) in [5, 5.41) is 13.6. The fourth-order valence-corrected chi connectivity index (χ4v) is 6.40. The second-order valence-electron chi connectivity index (χ2n) is 8.97. The van der Waals surface area contributed by atoms with E-state index in [1.54, 1.807) is 17.4 Å². The maximum absolute atomic E-state index is 13.6. The summed E-state index contributed by atoms with van der Waals surface area (Å²) in [4.78, 5) is 15.7. The van der Waals surface area contributed by atoms with E-state index in [0.29, 0.717) is 12.2 Å². The van der Waals surface area contributed by atoms with Crippen LogP contribution >= 0.6 is 11.3 Å². The molecule has 4 heteroatoms. The Morgan fingerprint density at radius 2 is 1.93 bits per heavy atom. The molecule has 1 aliphatic carbocycles. The highest BCUT2D eigenvalue weighted by Gasteiger charge is 2.57. The molecule has 0 radical (unpaired) electrons. The third kappa shape index (κ3) is 2.18. The van der Waals surface area contributed by atoms with Crippen molar-refractivity contribution in [2.45, 2.75) is 45.1 Å². The molecule has 28 heavy (non-hydrogen) atoms. The topological polar surface area (TPSA) is 40.5 Å². The SMILES string of the molecule is CC12CCN(C(=O)c3csc4ccccc34)C(Cc3c(O)cccc31)C2(C)C. The van der Waals surface area contributed by atoms with Gasteiger partial charge in [0.05, 0.1) is 5.56 Å². The number of fused-ring (bicyclic) bond motifs is 5. The summed E-state index contributed by atoms with van der Waals surface area (Å²) in [6, 6.07) is 14.1. The van der Waals surface area contributed by atoms with Crippen LogP contribution in [0.15, 0.2) is 47.8 Å². The zero-order valence-corrected chi connectivity index (χ0v) is 17.3. The lowest BCUT2D eigenvalue weighted by Gasteiger charge is -2.60. The van der Waals surface area contributed by atoms with Crippen LogP contribution in [0.5, 0.6) is 5.75 Å². The molecule has 0 spiro atoms. The third-order valence-corrected chi connectivity index (χ3v) is 8.56. The van der Waals surface area contributed by atoms with Crippen molar-refractivity contribution in [2.75, 3.05) is 6.54 Å². The zero-order chi connectivity index (χ0) is 19.7. The second-order valence-corrected chi connectivity index (χ2v) is 9.88. The molecule has 5 rings (SSSR count). The number of carbonyl (C=O) groups is 1. The molecule has 1 saturated heterocycles. The normalized spacial score (nSPS) is 25.5. The van der Waals surface area contributed by atoms with Gasteiger partial charge in [0.2, 0.25) is 0 Å². The Morgan fingerprint density at radius 3 is 2.75 bits per heavy atom. The molecule has 2 aliphatic rings. The molecule has 3 nitrogen and oxygen atoms in total. The molecular weight excluding hydrogens is 366 g/mol. The first-order valence-corrected chi connectivity index (χ1v) is 10.8. The molecule has 1 N–H and O–H groups in total. The molecule has 1 aliphatic heterocycles. The van der Waals surface area contributed by atoms with Gasteiger partial charge in [0.15, 0.2) is 0 Å². The maximum Gasteiger partial charge on any atom is 0.255 e. The number of aromatic hydroxyl groups is 1. The maximum atomic E-state index is 13.6. The highest BCUT2D eigenvalue weighted by Crippen LogP contribution is 2.57. The average Bonchev–Trinajstić information content (AvgIpc) is 3.09. The number of phenolic OH excluding ortho intramolecular Hbond substituents is 1. The van der Waals surface area contributed by atoms with E-state index < -0.39 is 0 Å². The van der Waals surface area contributed by atoms with Crippen molar-refractivity contribution in [3.63, 3.8) is 0 Å². The lowest BCUT2D eigenvalue weighted by atomic mass is 9.51. The Bertz CT molecular complexity index is 1100. The van der Waals surface area contributed by atoms with Crippen LogP contribution in [0.1, 0.15) is 48.7 Å². The van der Waals surface area contributed by atoms with Gasteiger partial charge in [-0.2, -0.15) is 0 Å². The fourth-order valence-electron chi connectivity index (χ4n) is 5.47. The van der Waals surface area contributed by atoms with Gasteiger partial charge >= 0.3 is 0 Å². The first kappa shape index (κ1) is 17.7. The number of hydrogen-bond acceptors (Lipinski definition) is 3. The number of benzene rings is 2. The van der Waals surface area contributed by atoms with Gasteiger partial charge in [-0.15, -0.1) is 11.3 Å². The van der Waals surface area contributed by atoms with E-state index in [4.69, 9.17) is 0 Å². The van der Waals surface area contributed by atoms with E-state index >= 15 is 0 Å². The van der Waals surface area contributed by atoms with Crippen LogP contribution in [0.4, 0.5) is 0 Å². The van der Waals surface area contributed by atoms with Crippen molar-refractivity contribution in [1.29, 1.82) is 0 Å². The van der Waals surface area contributed by atoms with Gasteiger partial charge in [0.1, 0.15) is 5.75 Å². The minimum atomic E-state index is -0.0759. The number of thiophene rings is 1. The molecule has 3 aromatic rings. The van der Waals surface area contributed by atoms with Crippen molar-refractivity contribution in [3.8, 4) is 5.75 Å². The van der Waals surface area contributed by atoms with Crippen molar-refractivity contribution >= 4 is 27.3 Å². The van der Waals surface area contributed by atoms with Crippen molar-refractivity contribution in [2.24, 2.45) is 5.41 Å². The Balaban J connectivity index is 1.61. The summed E-state index contributed by atoms with van der Waals surface area (Å²) in [5.74, 6) is 0.482. The predicted octanol–water partition coefficient (Wildman–Crippen LogP) is 5.36. The number of likely N-dealkylation sites (tertiary alicyclic amines) is 1. The van der Waals surface area contributed by atoms with Crippen LogP contribution in [-0.4, -0.2) is 28.5 Å². The van der Waals surface area contributed by atoms with Gasteiger partial charge in [-0.25, -0.2) is 0 Å². The van der Waals surface area contributed by atoms with Crippen LogP contribution < -0.4 is 0 Å². The van der Waals surface area contributed by atoms with Gasteiger partial charge in [-0.1, -0.05) is 51.1 Å². The highest BCUT2D eigenvalue weighted by atomic mass is 32.1. The molecule has 2 heterocycles. The highest BCUT2D eigenvalue weighted by molar-refractivity contribution is 7.17. The molecule has 2 aromatic carbocycles. The first-order valence-electron chi connectivity index (χ1n) is 9.93. The average molecular weight is 392 g/mol. The van der Waals surface area contributed by atoms with E-state index in [-0.39, 0.29) is 22.8 Å². The van der Waals surface area contributed by atoms with Crippen LogP contribution in [-0.2, 0) is 11.8 Å². The molecule has 1 aromatic heterocycles. The minimum Gasteiger partial charge on any atom is -0.508 e. The van der Waals surface area contributed by atoms with Gasteiger partial charge in [-0.05, 0) is 41.5 Å². The van der Waals surface area contributed by atoms with E-state index in [2.05, 4.69) is 37.8 Å². The Kier molecular flexibility index (Phi) is 3.70. The molecule has 2 bridgehead atoms. The lowest BCUT2D eigenvalue weighted by Crippen LogP contribution is -2.64. The largest absolute Gasteiger partial charge is 0.508 e. The van der Waals surface area contributed by atoms with Crippen LogP contribution in [0.25, 0.3) is 10.1 Å². The summed E-state index contributed by atoms with van der Waals surface area (Å²) in [6.45, 7) is 7.63. The lowest BCUT2D eigenvalue weighted by molar-refractivity contribution is -0.0265. The van der Waals surface area contributed by atoms with Gasteiger partial charge in [-0.3, -0.25) is 4.79 Å². The second kappa shape index (κ2) is 5.84. The smallest absolute Gasteiger partial charge is 0.255 e. The molecular formula is C24H25NO2S. The van der Waals surface area contributed by atoms with Gasteiger partial charge < -0.3 is 10.0 Å². The number of piperidine rings is 1. The minimum absolute atomic E-state index is 0.0581. The number of amides is 1. The van der Waals surface area contributed by atoms with E-state index in [1.165, 1.54) is 5.56 Å². The fraction of sp³-hybridized carbons (Fsp3) is 0.375. The molecule has 2 atom stereocenters. The van der Waals surface area contributed by atoms with Gasteiger partial charge in [0.25, 0.3) is 5.91 Å². The Morgan fingerprint density at radius 1 is 1.14 bits per heavy atom. The van der Waals surface area contributed by atoms with Crippen molar-refractivity contribution in [3.05, 3.63) is 64.5 Å². The summed E-state index contributed by atoms with van der Waals surface area (Å²) >= 11 is 1.63. The van der Waals surface area contributed by atoms with Crippen LogP contribution in [0, 0.1) is 5.41 Å². The summed E-state index contributed by atoms with van der Waals surface area (Å²) in [5.41, 5.74) is 2.94. The molecule has 1 fully saturated rings. The Labute approximate surface area is 169 Å². The van der Waals surface area contributed by atoms with Crippen molar-refractivity contribution in [1.82, 2.24) is 4.90 Å². The van der Waals surface area contributed by atoms with Crippen molar-refractivity contribution < 1.29 is 9.90 Å². The summed E-state index contributed by atoms with van der Waals surface area (Å²) < 4.78 is 1.15. The number of rotatable bonds is 1. The molecule has 144 valence electrons. The number of hydrogen-bond donors (Lipinski definition) is 1. The van der Waals surface area contributed by atoms with E-state index in [9.17, 15) is 9.90 Å². The number of phenols is 1. The molecule has 0 saturated carbocycles. The Hall–Kier alpha value is -2.33. The number of nitrogens with zero attached hydrogens (tertiary/aromatic N) is 1. The molecule has 2 unspecified atom stereocenters. The number of carbonyl (C=O) groups excluding carboxylic acids is 1. The quantitative estimate of drug-likeness (QED) is 0.606. The molecule has 1 amide bonds. The van der Waals surface area contributed by atoms with Crippen LogP contribution in [0.2, 0.25) is 0 Å². The standard InChI is InChI=1S/C24H25NO2S/c1-23(2)21-13-16-18(8-6-9-19(16)26)24(23,3)11-12-25(21)22(27)17-14-28-20-10-5-4-7-15(17)20/h4-10,14,21,26H,11-13H2,1-3H3. The third-order valence-electron chi connectivity index (χ3n) is 7.60. The summed E-state index contributed by atoms with van der Waals surface area (Å²) in [6.07, 6.45) is 1.61. The van der Waals surface area contributed by atoms with Crippen LogP contribution in [0.3, 0.4) is 0 Å². The predicted molar refractivity (Wildman–Crippen MR) is 114 cm³/mol. The first-order chi connectivity index (χ1) is 13.3. The van der Waals surface area contributed by atoms with E-state index in [0.717, 1.165) is 34.2 Å². The monoisotopic (exact) mass is 391 g/mol.